The van der Waals surface area contributed by atoms with Crippen molar-refractivity contribution in [2.45, 2.75) is 6.10 Å². The number of halogens is 2. The molecule has 0 amide bonds. The van der Waals surface area contributed by atoms with Gasteiger partial charge in [-0.05, 0) is 0 Å². The van der Waals surface area contributed by atoms with Crippen molar-refractivity contribution in [3.05, 3.63) is 16.4 Å². The van der Waals surface area contributed by atoms with Gasteiger partial charge in [-0.2, -0.15) is 0 Å². The molecule has 0 bridgehead atoms. The van der Waals surface area contributed by atoms with Gasteiger partial charge in [0.1, 0.15) is 0 Å². The predicted molar refractivity (Wildman–Crippen MR) is 61.6 cm³/mol. The molecule has 2 rings (SSSR count). The average Bonchev–Trinajstić information content (AvgIpc) is 2.32. The van der Waals surface area contributed by atoms with E-state index in [0.29, 0.717) is 18.8 Å². The third-order valence-corrected chi connectivity index (χ3v) is 2.84. The highest BCUT2D eigenvalue weighted by Gasteiger charge is 2.27. The number of anilines is 1. The molecule has 1 unspecified atom stereocenters. The van der Waals surface area contributed by atoms with E-state index in [1.807, 2.05) is 0 Å². The maximum Gasteiger partial charge on any atom is 0.334 e. The van der Waals surface area contributed by atoms with Crippen molar-refractivity contribution in [2.24, 2.45) is 0 Å². The molecule has 1 N–H and O–H groups in total. The molecule has 0 aromatic carbocycles. The van der Waals surface area contributed by atoms with Gasteiger partial charge in [-0.1, -0.05) is 23.2 Å². The number of aliphatic carboxylic acids is 1. The summed E-state index contributed by atoms with van der Waals surface area (Å²) >= 11 is 11.6. The molecule has 0 radical (unpaired) electrons. The zero-order chi connectivity index (χ0) is 12.4. The molecule has 1 atom stereocenters. The molecule has 1 aliphatic rings. The molecule has 0 aliphatic carbocycles. The van der Waals surface area contributed by atoms with E-state index in [-0.39, 0.29) is 16.9 Å². The number of carbonyl (C=O) groups is 1. The topological polar surface area (TPSA) is 75.5 Å². The summed E-state index contributed by atoms with van der Waals surface area (Å²) < 4.78 is 5.11. The Morgan fingerprint density at radius 2 is 2.29 bits per heavy atom. The van der Waals surface area contributed by atoms with Crippen molar-refractivity contribution in [2.75, 3.05) is 24.6 Å². The number of hydrogen-bond donors (Lipinski definition) is 1. The van der Waals surface area contributed by atoms with Crippen LogP contribution in [0.3, 0.4) is 0 Å². The molecule has 17 heavy (non-hydrogen) atoms. The Bertz CT molecular complexity index is 443. The maximum absolute atomic E-state index is 10.8. The van der Waals surface area contributed by atoms with E-state index in [1.54, 1.807) is 11.0 Å². The lowest BCUT2D eigenvalue weighted by Crippen LogP contribution is -2.46. The molecule has 1 saturated heterocycles. The summed E-state index contributed by atoms with van der Waals surface area (Å²) in [7, 11) is 0. The molecule has 92 valence electrons. The van der Waals surface area contributed by atoms with Crippen molar-refractivity contribution in [1.29, 1.82) is 0 Å². The minimum atomic E-state index is -1.00. The molecule has 8 heteroatoms. The van der Waals surface area contributed by atoms with Crippen LogP contribution in [0.2, 0.25) is 10.3 Å². The minimum Gasteiger partial charge on any atom is -0.479 e. The van der Waals surface area contributed by atoms with Crippen LogP contribution in [0.5, 0.6) is 0 Å². The predicted octanol–water partition coefficient (Wildman–Crippen LogP) is 1.07. The summed E-state index contributed by atoms with van der Waals surface area (Å²) in [6.07, 6.45) is -0.869. The number of carboxylic acids is 1. The van der Waals surface area contributed by atoms with Gasteiger partial charge in [0.2, 0.25) is 0 Å². The number of rotatable bonds is 2. The standard InChI is InChI=1S/C9H9Cl2N3O3/c10-7-3-5(8(11)13-12-7)14-1-2-17-6(4-14)9(15)16/h3,6H,1-2,4H2,(H,15,16). The Morgan fingerprint density at radius 3 is 3.00 bits per heavy atom. The number of nitrogens with zero attached hydrogens (tertiary/aromatic N) is 3. The van der Waals surface area contributed by atoms with Gasteiger partial charge in [0.15, 0.2) is 16.4 Å². The number of carboxylic acid groups (broad SMARTS) is 1. The molecule has 0 saturated carbocycles. The lowest BCUT2D eigenvalue weighted by molar-refractivity contribution is -0.150. The van der Waals surface area contributed by atoms with E-state index in [1.165, 1.54) is 0 Å². The summed E-state index contributed by atoms with van der Waals surface area (Å²) in [5.74, 6) is -1.00. The molecule has 1 aromatic rings. The lowest BCUT2D eigenvalue weighted by Gasteiger charge is -2.32. The lowest BCUT2D eigenvalue weighted by atomic mass is 10.2. The van der Waals surface area contributed by atoms with Gasteiger partial charge >= 0.3 is 5.97 Å². The first-order chi connectivity index (χ1) is 8.08. The van der Waals surface area contributed by atoms with Crippen LogP contribution in [0.1, 0.15) is 0 Å². The van der Waals surface area contributed by atoms with Gasteiger partial charge in [0, 0.05) is 12.6 Å². The highest BCUT2D eigenvalue weighted by atomic mass is 35.5. The Morgan fingerprint density at radius 1 is 1.53 bits per heavy atom. The van der Waals surface area contributed by atoms with Crippen LogP contribution in [-0.4, -0.2) is 47.1 Å². The fourth-order valence-corrected chi connectivity index (χ4v) is 1.94. The van der Waals surface area contributed by atoms with Crippen LogP contribution >= 0.6 is 23.2 Å². The second-order valence-corrected chi connectivity index (χ2v) is 4.23. The van der Waals surface area contributed by atoms with Gasteiger partial charge in [0.25, 0.3) is 0 Å². The summed E-state index contributed by atoms with van der Waals surface area (Å²) in [6.45, 7) is 1.05. The van der Waals surface area contributed by atoms with E-state index in [0.717, 1.165) is 0 Å². The van der Waals surface area contributed by atoms with Gasteiger partial charge < -0.3 is 14.7 Å². The molecule has 2 heterocycles. The quantitative estimate of drug-likeness (QED) is 0.872. The van der Waals surface area contributed by atoms with Crippen molar-refractivity contribution in [3.8, 4) is 0 Å². The van der Waals surface area contributed by atoms with Crippen LogP contribution in [-0.2, 0) is 9.53 Å². The van der Waals surface area contributed by atoms with Gasteiger partial charge in [-0.3, -0.25) is 0 Å². The first kappa shape index (κ1) is 12.3. The van der Waals surface area contributed by atoms with Crippen LogP contribution in [0.15, 0.2) is 6.07 Å². The van der Waals surface area contributed by atoms with E-state index < -0.39 is 12.1 Å². The zero-order valence-corrected chi connectivity index (χ0v) is 10.1. The number of aromatic nitrogens is 2. The minimum absolute atomic E-state index is 0.195. The Balaban J connectivity index is 2.21. The van der Waals surface area contributed by atoms with Gasteiger partial charge in [-0.25, -0.2) is 4.79 Å². The third kappa shape index (κ3) is 2.77. The molecule has 1 fully saturated rings. The second kappa shape index (κ2) is 5.03. The van der Waals surface area contributed by atoms with E-state index in [2.05, 4.69) is 10.2 Å². The molecule has 1 aliphatic heterocycles. The number of ether oxygens (including phenoxy) is 1. The summed E-state index contributed by atoms with van der Waals surface area (Å²) in [5.41, 5.74) is 0.571. The first-order valence-electron chi connectivity index (χ1n) is 4.86. The van der Waals surface area contributed by atoms with Crippen molar-refractivity contribution in [3.63, 3.8) is 0 Å². The Kier molecular flexibility index (Phi) is 3.66. The van der Waals surface area contributed by atoms with Crippen LogP contribution in [0.4, 0.5) is 5.69 Å². The highest BCUT2D eigenvalue weighted by molar-refractivity contribution is 6.33. The van der Waals surface area contributed by atoms with Crippen molar-refractivity contribution < 1.29 is 14.6 Å². The fourth-order valence-electron chi connectivity index (χ4n) is 1.58. The smallest absolute Gasteiger partial charge is 0.334 e. The average molecular weight is 278 g/mol. The van der Waals surface area contributed by atoms with E-state index in [9.17, 15) is 4.79 Å². The molecule has 1 aromatic heterocycles. The first-order valence-corrected chi connectivity index (χ1v) is 5.61. The van der Waals surface area contributed by atoms with E-state index in [4.69, 9.17) is 33.0 Å². The summed E-state index contributed by atoms with van der Waals surface area (Å²) in [6, 6.07) is 1.56. The molecule has 0 spiro atoms. The van der Waals surface area contributed by atoms with Gasteiger partial charge in [0.05, 0.1) is 18.8 Å². The zero-order valence-electron chi connectivity index (χ0n) is 8.64. The van der Waals surface area contributed by atoms with Gasteiger partial charge in [-0.15, -0.1) is 10.2 Å². The second-order valence-electron chi connectivity index (χ2n) is 3.49. The van der Waals surface area contributed by atoms with Crippen LogP contribution in [0, 0.1) is 0 Å². The van der Waals surface area contributed by atoms with Crippen molar-refractivity contribution in [1.82, 2.24) is 10.2 Å². The third-order valence-electron chi connectivity index (χ3n) is 2.38. The monoisotopic (exact) mass is 277 g/mol. The Labute approximate surface area is 107 Å². The number of hydrogen-bond acceptors (Lipinski definition) is 5. The highest BCUT2D eigenvalue weighted by Crippen LogP contribution is 2.26. The molecular formula is C9H9Cl2N3O3. The summed E-state index contributed by atoms with van der Waals surface area (Å²) in [4.78, 5) is 12.6. The normalized spacial score (nSPS) is 20.4. The van der Waals surface area contributed by atoms with Crippen LogP contribution in [0.25, 0.3) is 0 Å². The molecule has 6 nitrogen and oxygen atoms in total. The number of morpholine rings is 1. The van der Waals surface area contributed by atoms with Crippen molar-refractivity contribution >= 4 is 34.9 Å². The van der Waals surface area contributed by atoms with Crippen LogP contribution < -0.4 is 4.90 Å². The van der Waals surface area contributed by atoms with E-state index >= 15 is 0 Å². The molecular weight excluding hydrogens is 269 g/mol. The Hall–Kier alpha value is -1.11. The summed E-state index contributed by atoms with van der Waals surface area (Å²) in [5, 5.41) is 16.6. The maximum atomic E-state index is 10.8. The largest absolute Gasteiger partial charge is 0.479 e. The fraction of sp³-hybridized carbons (Fsp3) is 0.444. The SMILES string of the molecule is O=C(O)C1CN(c2cc(Cl)nnc2Cl)CCO1.